The smallest absolute Gasteiger partial charge is 0.404 e. The highest BCUT2D eigenvalue weighted by molar-refractivity contribution is 6.07. The number of amides is 2. The van der Waals surface area contributed by atoms with E-state index < -0.39 is 29.0 Å². The van der Waals surface area contributed by atoms with Gasteiger partial charge < -0.3 is 9.72 Å². The molecule has 2 aromatic carbocycles. The number of alkyl carbamates (subject to hydrolysis) is 1. The lowest BCUT2D eigenvalue weighted by atomic mass is 9.75. The van der Waals surface area contributed by atoms with Crippen molar-refractivity contribution in [3.63, 3.8) is 0 Å². The number of carbonyl (C=O) groups excluding carboxylic acids is 2. The van der Waals surface area contributed by atoms with Crippen molar-refractivity contribution >= 4 is 22.8 Å². The summed E-state index contributed by atoms with van der Waals surface area (Å²) in [4.78, 5) is 39.2. The maximum absolute atomic E-state index is 14.0. The first-order valence-electron chi connectivity index (χ1n) is 10.2. The number of hydrogen-bond donors (Lipinski definition) is 2. The summed E-state index contributed by atoms with van der Waals surface area (Å²) in [5.74, 6) is -2.13. The summed E-state index contributed by atoms with van der Waals surface area (Å²) in [7, 11) is 0. The quantitative estimate of drug-likeness (QED) is 0.566. The zero-order valence-corrected chi connectivity index (χ0v) is 17.4. The third-order valence-corrected chi connectivity index (χ3v) is 5.93. The minimum Gasteiger partial charge on any atom is -0.404 e. The third-order valence-electron chi connectivity index (χ3n) is 5.93. The van der Waals surface area contributed by atoms with Crippen LogP contribution in [0.1, 0.15) is 32.3 Å². The number of ether oxygens (including phenoxy) is 1. The van der Waals surface area contributed by atoms with Gasteiger partial charge in [-0.15, -0.1) is 0 Å². The molecule has 1 aliphatic rings. The van der Waals surface area contributed by atoms with E-state index in [4.69, 9.17) is 4.74 Å². The van der Waals surface area contributed by atoms with Crippen molar-refractivity contribution in [2.75, 3.05) is 0 Å². The van der Waals surface area contributed by atoms with Crippen LogP contribution in [0.2, 0.25) is 0 Å². The largest absolute Gasteiger partial charge is 0.419 e. The van der Waals surface area contributed by atoms with Crippen LogP contribution < -0.4 is 10.9 Å². The van der Waals surface area contributed by atoms with Crippen LogP contribution in [0.15, 0.2) is 59.1 Å². The van der Waals surface area contributed by atoms with Crippen LogP contribution in [0, 0.1) is 11.6 Å². The van der Waals surface area contributed by atoms with E-state index in [1.54, 1.807) is 24.3 Å². The van der Waals surface area contributed by atoms with Crippen molar-refractivity contribution in [3.05, 3.63) is 81.9 Å². The average molecular weight is 438 g/mol. The minimum absolute atomic E-state index is 0.138. The highest BCUT2D eigenvalue weighted by atomic mass is 19.1. The molecule has 1 saturated heterocycles. The SMILES string of the molecule is CCC(/C=C1/OC(=O)NC1=O)(CC)c1ccc(-c2ccc3c(F)cc(F)cc3c2)[nH]c1=O. The van der Waals surface area contributed by atoms with E-state index in [1.807, 2.05) is 19.2 Å². The van der Waals surface area contributed by atoms with Crippen LogP contribution in [-0.4, -0.2) is 17.0 Å². The molecule has 4 rings (SSSR count). The second kappa shape index (κ2) is 8.03. The van der Waals surface area contributed by atoms with Crippen molar-refractivity contribution in [2.45, 2.75) is 32.1 Å². The number of halogens is 2. The number of H-pyrrole nitrogens is 1. The lowest BCUT2D eigenvalue weighted by Gasteiger charge is -2.28. The fourth-order valence-electron chi connectivity index (χ4n) is 4.08. The molecule has 0 bridgehead atoms. The summed E-state index contributed by atoms with van der Waals surface area (Å²) >= 11 is 0. The molecular formula is C24H20F2N2O4. The normalized spacial score (nSPS) is 15.3. The molecule has 2 N–H and O–H groups in total. The second-order valence-electron chi connectivity index (χ2n) is 7.65. The van der Waals surface area contributed by atoms with Gasteiger partial charge in [-0.2, -0.15) is 0 Å². The van der Waals surface area contributed by atoms with Crippen LogP contribution in [-0.2, 0) is 14.9 Å². The molecule has 32 heavy (non-hydrogen) atoms. The van der Waals surface area contributed by atoms with E-state index in [2.05, 4.69) is 4.98 Å². The van der Waals surface area contributed by atoms with Gasteiger partial charge in [-0.05, 0) is 48.1 Å². The monoisotopic (exact) mass is 438 g/mol. The van der Waals surface area contributed by atoms with Crippen LogP contribution >= 0.6 is 0 Å². The van der Waals surface area contributed by atoms with Crippen molar-refractivity contribution in [3.8, 4) is 11.3 Å². The zero-order chi connectivity index (χ0) is 23.0. The molecule has 3 aromatic rings. The predicted molar refractivity (Wildman–Crippen MR) is 115 cm³/mol. The van der Waals surface area contributed by atoms with Gasteiger partial charge in [0, 0.05) is 28.1 Å². The van der Waals surface area contributed by atoms with Crippen molar-refractivity contribution in [1.82, 2.24) is 10.3 Å². The van der Waals surface area contributed by atoms with Crippen LogP contribution in [0.3, 0.4) is 0 Å². The Morgan fingerprint density at radius 2 is 1.75 bits per heavy atom. The van der Waals surface area contributed by atoms with E-state index >= 15 is 0 Å². The van der Waals surface area contributed by atoms with Gasteiger partial charge in [0.15, 0.2) is 5.76 Å². The molecule has 0 aliphatic carbocycles. The Balaban J connectivity index is 1.78. The highest BCUT2D eigenvalue weighted by Crippen LogP contribution is 2.34. The minimum atomic E-state index is -0.851. The number of pyridine rings is 1. The van der Waals surface area contributed by atoms with Gasteiger partial charge in [-0.1, -0.05) is 32.0 Å². The molecule has 0 radical (unpaired) electrons. The maximum atomic E-state index is 14.0. The van der Waals surface area contributed by atoms with Crippen molar-refractivity contribution < 1.29 is 23.1 Å². The number of fused-ring (bicyclic) bond motifs is 1. The maximum Gasteiger partial charge on any atom is 0.419 e. The van der Waals surface area contributed by atoms with Gasteiger partial charge in [0.05, 0.1) is 0 Å². The topological polar surface area (TPSA) is 88.3 Å². The molecule has 6 nitrogen and oxygen atoms in total. The van der Waals surface area contributed by atoms with E-state index in [9.17, 15) is 23.2 Å². The van der Waals surface area contributed by atoms with Gasteiger partial charge in [-0.3, -0.25) is 14.9 Å². The first kappa shape index (κ1) is 21.4. The zero-order valence-electron chi connectivity index (χ0n) is 17.4. The molecule has 1 fully saturated rings. The third kappa shape index (κ3) is 3.68. The molecule has 8 heteroatoms. The number of nitrogens with one attached hydrogen (secondary N) is 2. The van der Waals surface area contributed by atoms with Crippen LogP contribution in [0.5, 0.6) is 0 Å². The number of allylic oxidation sites excluding steroid dienone is 1. The number of aromatic amines is 1. The molecule has 1 aliphatic heterocycles. The Bertz CT molecular complexity index is 1340. The Labute approximate surface area is 181 Å². The Kier molecular flexibility index (Phi) is 5.38. The molecule has 0 saturated carbocycles. The Morgan fingerprint density at radius 3 is 2.38 bits per heavy atom. The lowest BCUT2D eigenvalue weighted by Crippen LogP contribution is -2.31. The van der Waals surface area contributed by atoms with Gasteiger partial charge in [0.1, 0.15) is 11.6 Å². The summed E-state index contributed by atoms with van der Waals surface area (Å²) in [6, 6.07) is 10.2. The first-order chi connectivity index (χ1) is 15.3. The fourth-order valence-corrected chi connectivity index (χ4v) is 4.08. The van der Waals surface area contributed by atoms with E-state index in [-0.39, 0.29) is 16.7 Å². The predicted octanol–water partition coefficient (Wildman–Crippen LogP) is 4.68. The van der Waals surface area contributed by atoms with Gasteiger partial charge >= 0.3 is 6.09 Å². The standard InChI is InChI=1S/C24H20F2N2O4/c1-3-24(4-2,12-20-22(30)28-23(31)32-20)17-7-8-19(27-21(17)29)13-5-6-16-14(9-13)10-15(25)11-18(16)26/h5-12H,3-4H2,1-2H3,(H,27,29)(H,28,30,31)/b20-12+. The molecule has 2 amide bonds. The van der Waals surface area contributed by atoms with Gasteiger partial charge in [-0.25, -0.2) is 13.6 Å². The summed E-state index contributed by atoms with van der Waals surface area (Å²) in [6.07, 6.45) is 1.62. The molecule has 0 atom stereocenters. The van der Waals surface area contributed by atoms with E-state index in [1.165, 1.54) is 18.2 Å². The fraction of sp³-hybridized carbons (Fsp3) is 0.208. The van der Waals surface area contributed by atoms with Crippen molar-refractivity contribution in [1.29, 1.82) is 0 Å². The number of carbonyl (C=O) groups is 2. The van der Waals surface area contributed by atoms with Gasteiger partial charge in [0.2, 0.25) is 0 Å². The molecule has 1 aromatic heterocycles. The lowest BCUT2D eigenvalue weighted by molar-refractivity contribution is -0.116. The summed E-state index contributed by atoms with van der Waals surface area (Å²) in [5.41, 5.74) is 0.265. The molecule has 0 spiro atoms. The van der Waals surface area contributed by atoms with Crippen LogP contribution in [0.25, 0.3) is 22.0 Å². The van der Waals surface area contributed by atoms with Gasteiger partial charge in [0.25, 0.3) is 11.5 Å². The van der Waals surface area contributed by atoms with Crippen LogP contribution in [0.4, 0.5) is 13.6 Å². The highest BCUT2D eigenvalue weighted by Gasteiger charge is 2.35. The number of hydrogen-bond acceptors (Lipinski definition) is 4. The van der Waals surface area contributed by atoms with Crippen molar-refractivity contribution in [2.24, 2.45) is 0 Å². The number of rotatable bonds is 5. The average Bonchev–Trinajstić information content (AvgIpc) is 3.08. The second-order valence-corrected chi connectivity index (χ2v) is 7.65. The number of aromatic nitrogens is 1. The summed E-state index contributed by atoms with van der Waals surface area (Å²) in [6.45, 7) is 3.74. The summed E-state index contributed by atoms with van der Waals surface area (Å²) in [5, 5.41) is 2.70. The molecule has 0 unspecified atom stereocenters. The van der Waals surface area contributed by atoms with E-state index in [0.717, 1.165) is 6.07 Å². The summed E-state index contributed by atoms with van der Waals surface area (Å²) < 4.78 is 32.5. The first-order valence-corrected chi connectivity index (χ1v) is 10.2. The van der Waals surface area contributed by atoms with E-state index in [0.29, 0.717) is 35.0 Å². The molecular weight excluding hydrogens is 418 g/mol. The Morgan fingerprint density at radius 1 is 1.00 bits per heavy atom. The number of cyclic esters (lactones) is 1. The number of benzene rings is 2. The molecule has 2 heterocycles. The Hall–Kier alpha value is -3.81. The number of imide groups is 1. The molecule has 164 valence electrons.